The molecule has 138 valence electrons. The molecule has 1 aromatic rings. The molecule has 0 aliphatic carbocycles. The predicted octanol–water partition coefficient (Wildman–Crippen LogP) is 2.36. The van der Waals surface area contributed by atoms with E-state index in [0.717, 1.165) is 0 Å². The fraction of sp³-hybridized carbons (Fsp3) is 0.529. The zero-order chi connectivity index (χ0) is 18.4. The Bertz CT molecular complexity index is 642. The summed E-state index contributed by atoms with van der Waals surface area (Å²) in [7, 11) is 1.46. The lowest BCUT2D eigenvalue weighted by Crippen LogP contribution is -2.46. The largest absolute Gasteiger partial charge is 0.493 e. The molecule has 25 heavy (non-hydrogen) atoms. The van der Waals surface area contributed by atoms with Crippen LogP contribution in [0.25, 0.3) is 0 Å². The van der Waals surface area contributed by atoms with Crippen molar-refractivity contribution < 1.29 is 28.9 Å². The third kappa shape index (κ3) is 4.35. The van der Waals surface area contributed by atoms with Crippen LogP contribution < -0.4 is 14.8 Å². The van der Waals surface area contributed by atoms with Gasteiger partial charge in [-0.25, -0.2) is 0 Å². The van der Waals surface area contributed by atoms with Crippen LogP contribution >= 0.6 is 11.6 Å². The van der Waals surface area contributed by atoms with Gasteiger partial charge in [0.2, 0.25) is 0 Å². The molecule has 2 rings (SSSR count). The molecule has 0 aromatic heterocycles. The average Bonchev–Trinajstić information content (AvgIpc) is 2.61. The fourth-order valence-electron chi connectivity index (χ4n) is 2.72. The number of carboxylic acid groups (broad SMARTS) is 1. The van der Waals surface area contributed by atoms with Gasteiger partial charge in [-0.1, -0.05) is 11.6 Å². The monoisotopic (exact) mass is 371 g/mol. The Hall–Kier alpha value is -1.99. The number of methoxy groups -OCH3 is 1. The maximum Gasteiger partial charge on any atom is 0.311 e. The van der Waals surface area contributed by atoms with Gasteiger partial charge in [-0.15, -0.1) is 0 Å². The van der Waals surface area contributed by atoms with Crippen LogP contribution in [0, 0.1) is 5.41 Å². The first-order valence-corrected chi connectivity index (χ1v) is 8.41. The van der Waals surface area contributed by atoms with E-state index < -0.39 is 17.3 Å². The Morgan fingerprint density at radius 1 is 1.36 bits per heavy atom. The molecule has 0 bridgehead atoms. The summed E-state index contributed by atoms with van der Waals surface area (Å²) in [6.45, 7) is 2.98. The molecule has 0 atom stereocenters. The third-order valence-corrected chi connectivity index (χ3v) is 4.55. The Balaban J connectivity index is 2.15. The topological polar surface area (TPSA) is 94.1 Å². The Morgan fingerprint density at radius 2 is 2.04 bits per heavy atom. The number of carbonyl (C=O) groups is 2. The first-order chi connectivity index (χ1) is 11.9. The summed E-state index contributed by atoms with van der Waals surface area (Å²) in [6, 6.07) is 2.99. The van der Waals surface area contributed by atoms with Gasteiger partial charge < -0.3 is 24.6 Å². The molecule has 1 aromatic carbocycles. The van der Waals surface area contributed by atoms with Crippen molar-refractivity contribution in [3.8, 4) is 11.5 Å². The zero-order valence-electron chi connectivity index (χ0n) is 14.3. The maximum atomic E-state index is 12.5. The number of aliphatic carboxylic acids is 1. The highest BCUT2D eigenvalue weighted by Crippen LogP contribution is 2.36. The van der Waals surface area contributed by atoms with E-state index in [0.29, 0.717) is 44.2 Å². The van der Waals surface area contributed by atoms with Gasteiger partial charge in [0.1, 0.15) is 0 Å². The summed E-state index contributed by atoms with van der Waals surface area (Å²) >= 11 is 6.17. The van der Waals surface area contributed by atoms with Crippen molar-refractivity contribution in [2.75, 3.05) is 33.5 Å². The normalized spacial score (nSPS) is 16.1. The third-order valence-electron chi connectivity index (χ3n) is 4.27. The molecule has 1 heterocycles. The minimum Gasteiger partial charge on any atom is -0.493 e. The highest BCUT2D eigenvalue weighted by molar-refractivity contribution is 6.32. The SMILES string of the molecule is CCOc1c(Cl)cc(C(=O)NCC2(C(=O)O)CCOCC2)cc1OC. The number of halogens is 1. The van der Waals surface area contributed by atoms with Crippen molar-refractivity contribution >= 4 is 23.5 Å². The Morgan fingerprint density at radius 3 is 2.60 bits per heavy atom. The first-order valence-electron chi connectivity index (χ1n) is 8.03. The number of rotatable bonds is 7. The van der Waals surface area contributed by atoms with Crippen molar-refractivity contribution in [3.63, 3.8) is 0 Å². The molecule has 1 saturated heterocycles. The number of amides is 1. The standard InChI is InChI=1S/C17H22ClNO6/c1-3-25-14-12(18)8-11(9-13(14)23-2)15(20)19-10-17(16(21)22)4-6-24-7-5-17/h8-9H,3-7,10H2,1-2H3,(H,19,20)(H,21,22). The minimum atomic E-state index is -1.01. The Labute approximate surface area is 151 Å². The summed E-state index contributed by atoms with van der Waals surface area (Å²) in [6.07, 6.45) is 0.714. The van der Waals surface area contributed by atoms with Gasteiger partial charge in [0, 0.05) is 25.3 Å². The molecular weight excluding hydrogens is 350 g/mol. The molecule has 0 spiro atoms. The molecule has 8 heteroatoms. The van der Waals surface area contributed by atoms with Gasteiger partial charge >= 0.3 is 5.97 Å². The summed E-state index contributed by atoms with van der Waals surface area (Å²) in [5.41, 5.74) is -0.731. The molecule has 2 N–H and O–H groups in total. The highest BCUT2D eigenvalue weighted by atomic mass is 35.5. The molecule has 1 aliphatic heterocycles. The van der Waals surface area contributed by atoms with Crippen LogP contribution in [-0.2, 0) is 9.53 Å². The van der Waals surface area contributed by atoms with E-state index in [9.17, 15) is 14.7 Å². The molecule has 7 nitrogen and oxygen atoms in total. The van der Waals surface area contributed by atoms with Gasteiger partial charge in [0.25, 0.3) is 5.91 Å². The summed E-state index contributed by atoms with van der Waals surface area (Å²) in [5, 5.41) is 12.5. The second-order valence-electron chi connectivity index (χ2n) is 5.80. The maximum absolute atomic E-state index is 12.5. The van der Waals surface area contributed by atoms with Crippen molar-refractivity contribution in [1.82, 2.24) is 5.32 Å². The second kappa shape index (κ2) is 8.40. The molecule has 1 aliphatic rings. The summed E-state index contributed by atoms with van der Waals surface area (Å²) < 4.78 is 15.9. The number of ether oxygens (including phenoxy) is 3. The second-order valence-corrected chi connectivity index (χ2v) is 6.21. The smallest absolute Gasteiger partial charge is 0.311 e. The van der Waals surface area contributed by atoms with Crippen LogP contribution in [-0.4, -0.2) is 50.5 Å². The lowest BCUT2D eigenvalue weighted by Gasteiger charge is -2.33. The first kappa shape index (κ1) is 19.3. The van der Waals surface area contributed by atoms with E-state index >= 15 is 0 Å². The average molecular weight is 372 g/mol. The van der Waals surface area contributed by atoms with Crippen LogP contribution in [0.5, 0.6) is 11.5 Å². The van der Waals surface area contributed by atoms with Crippen LogP contribution in [0.3, 0.4) is 0 Å². The van der Waals surface area contributed by atoms with Gasteiger partial charge in [0.05, 0.1) is 24.2 Å². The van der Waals surface area contributed by atoms with Crippen LogP contribution in [0.15, 0.2) is 12.1 Å². The molecular formula is C17H22ClNO6. The van der Waals surface area contributed by atoms with E-state index in [1.54, 1.807) is 0 Å². The van der Waals surface area contributed by atoms with E-state index in [2.05, 4.69) is 5.32 Å². The van der Waals surface area contributed by atoms with E-state index in [1.165, 1.54) is 19.2 Å². The van der Waals surface area contributed by atoms with Crippen LogP contribution in [0.4, 0.5) is 0 Å². The Kier molecular flexibility index (Phi) is 6.50. The number of hydrogen-bond donors (Lipinski definition) is 2. The number of benzene rings is 1. The van der Waals surface area contributed by atoms with Crippen molar-refractivity contribution in [3.05, 3.63) is 22.7 Å². The van der Waals surface area contributed by atoms with Crippen LogP contribution in [0.2, 0.25) is 5.02 Å². The number of carboxylic acids is 1. The molecule has 1 amide bonds. The van der Waals surface area contributed by atoms with E-state index in [-0.39, 0.29) is 17.1 Å². The summed E-state index contributed by atoms with van der Waals surface area (Å²) in [5.74, 6) is -0.637. The van der Waals surface area contributed by atoms with Gasteiger partial charge in [-0.05, 0) is 31.9 Å². The van der Waals surface area contributed by atoms with Crippen molar-refractivity contribution in [1.29, 1.82) is 0 Å². The van der Waals surface area contributed by atoms with Gasteiger partial charge in [-0.2, -0.15) is 0 Å². The quantitative estimate of drug-likeness (QED) is 0.764. The molecule has 0 unspecified atom stereocenters. The number of carbonyl (C=O) groups excluding carboxylic acids is 1. The van der Waals surface area contributed by atoms with Crippen LogP contribution in [0.1, 0.15) is 30.1 Å². The van der Waals surface area contributed by atoms with E-state index in [4.69, 9.17) is 25.8 Å². The lowest BCUT2D eigenvalue weighted by molar-refractivity contribution is -0.154. The molecule has 0 radical (unpaired) electrons. The van der Waals surface area contributed by atoms with Crippen molar-refractivity contribution in [2.45, 2.75) is 19.8 Å². The number of nitrogens with one attached hydrogen (secondary N) is 1. The van der Waals surface area contributed by atoms with Crippen molar-refractivity contribution in [2.24, 2.45) is 5.41 Å². The zero-order valence-corrected chi connectivity index (χ0v) is 15.0. The van der Waals surface area contributed by atoms with Gasteiger partial charge in [-0.3, -0.25) is 9.59 Å². The lowest BCUT2D eigenvalue weighted by atomic mass is 9.80. The predicted molar refractivity (Wildman–Crippen MR) is 91.6 cm³/mol. The van der Waals surface area contributed by atoms with Gasteiger partial charge in [0.15, 0.2) is 11.5 Å². The highest BCUT2D eigenvalue weighted by Gasteiger charge is 2.40. The molecule has 0 saturated carbocycles. The minimum absolute atomic E-state index is 0.0255. The number of hydrogen-bond acceptors (Lipinski definition) is 5. The summed E-state index contributed by atoms with van der Waals surface area (Å²) in [4.78, 5) is 24.1. The molecule has 1 fully saturated rings. The van der Waals surface area contributed by atoms with E-state index in [1.807, 2.05) is 6.92 Å². The fourth-order valence-corrected chi connectivity index (χ4v) is 2.98.